The highest BCUT2D eigenvalue weighted by Gasteiger charge is 2.56. The zero-order chi connectivity index (χ0) is 47.6. The fourth-order valence-corrected chi connectivity index (χ4v) is 11.6. The molecular formula is C45H76N2O15S. The molecule has 362 valence electrons. The van der Waals surface area contributed by atoms with Gasteiger partial charge in [-0.15, -0.1) is 0 Å². The van der Waals surface area contributed by atoms with Gasteiger partial charge in [0.05, 0.1) is 47.6 Å². The highest BCUT2D eigenvalue weighted by Crippen LogP contribution is 2.45. The Hall–Kier alpha value is -2.33. The van der Waals surface area contributed by atoms with Gasteiger partial charge in [-0.3, -0.25) is 4.79 Å². The average molecular weight is 917 g/mol. The van der Waals surface area contributed by atoms with Crippen molar-refractivity contribution in [3.05, 3.63) is 35.9 Å². The number of aliphatic hydroxyl groups excluding tert-OH is 3. The summed E-state index contributed by atoms with van der Waals surface area (Å²) in [6.07, 6.45) is -9.59. The van der Waals surface area contributed by atoms with E-state index in [0.29, 0.717) is 12.0 Å². The number of methoxy groups -OCH3 is 1. The van der Waals surface area contributed by atoms with E-state index in [2.05, 4.69) is 0 Å². The van der Waals surface area contributed by atoms with Crippen LogP contribution in [-0.4, -0.2) is 166 Å². The Kier molecular flexibility index (Phi) is 17.8. The summed E-state index contributed by atoms with van der Waals surface area (Å²) in [5, 5.41) is 58.2. The first-order chi connectivity index (χ1) is 29.1. The molecule has 0 bridgehead atoms. The topological polar surface area (TPSA) is 231 Å². The van der Waals surface area contributed by atoms with Crippen LogP contribution in [0.3, 0.4) is 0 Å². The van der Waals surface area contributed by atoms with Crippen LogP contribution in [-0.2, 0) is 49.8 Å². The summed E-state index contributed by atoms with van der Waals surface area (Å²) in [7, 11) is 0.0972. The second-order valence-electron chi connectivity index (χ2n) is 19.4. The number of hydrogen-bond acceptors (Lipinski definition) is 16. The quantitative estimate of drug-likeness (QED) is 0.224. The monoisotopic (exact) mass is 916 g/mol. The third-order valence-electron chi connectivity index (χ3n) is 13.9. The number of carbonyl (C=O) groups excluding carboxylic acids is 2. The van der Waals surface area contributed by atoms with Crippen molar-refractivity contribution in [2.75, 3.05) is 27.7 Å². The number of aliphatic hydroxyl groups is 5. The van der Waals surface area contributed by atoms with E-state index in [0.717, 1.165) is 4.31 Å². The Balaban J connectivity index is 1.90. The normalized spacial score (nSPS) is 43.1. The molecule has 3 aliphatic rings. The predicted octanol–water partition coefficient (Wildman–Crippen LogP) is 3.21. The maximum absolute atomic E-state index is 14.6. The van der Waals surface area contributed by atoms with Crippen LogP contribution in [0.4, 0.5) is 4.79 Å². The number of likely N-dealkylation sites (N-methyl/N-ethyl adjacent to an activating group) is 1. The van der Waals surface area contributed by atoms with E-state index >= 15 is 0 Å². The lowest BCUT2D eigenvalue weighted by Crippen LogP contribution is -2.61. The molecule has 3 saturated heterocycles. The van der Waals surface area contributed by atoms with Crippen molar-refractivity contribution in [1.82, 2.24) is 9.21 Å². The molecule has 3 heterocycles. The van der Waals surface area contributed by atoms with E-state index in [1.54, 1.807) is 71.9 Å². The van der Waals surface area contributed by atoms with Crippen molar-refractivity contribution in [2.45, 2.75) is 186 Å². The molecule has 17 nitrogen and oxygen atoms in total. The standard InChI is InChI=1S/C45H76N2O15S/c1-14-34-45(10,54)37(49)29(6)47(63(55,56)42(52)58-24-31-18-16-15-17-19-31)23-25(2)21-43(8,53)39(62-41-36(48)32(46(11)12)20-26(3)59-41)27(4)35(28(5)40(51)61-34)33-22-44(9,57-13)38(50)30(7)60-33/h15-19,25-30,32-39,41,48-50,53-54H,14,20-24H2,1-13H3/t25-,26-,27+,28-,29-,30+,32+,33?,34-,35+,36-,37-,38+,39-,41+,43-,44-,45-/m1/s1. The van der Waals surface area contributed by atoms with Crippen molar-refractivity contribution in [3.8, 4) is 0 Å². The molecule has 1 unspecified atom stereocenters. The molecule has 5 N–H and O–H groups in total. The maximum atomic E-state index is 14.6. The van der Waals surface area contributed by atoms with Gasteiger partial charge in [0.25, 0.3) is 0 Å². The third-order valence-corrected chi connectivity index (χ3v) is 15.6. The summed E-state index contributed by atoms with van der Waals surface area (Å²) in [6.45, 7) is 15.3. The number of rotatable bonds is 9. The first-order valence-electron chi connectivity index (χ1n) is 22.2. The summed E-state index contributed by atoms with van der Waals surface area (Å²) in [4.78, 5) is 30.0. The Bertz CT molecular complexity index is 1770. The van der Waals surface area contributed by atoms with Gasteiger partial charge in [-0.25, -0.2) is 4.79 Å². The molecule has 0 saturated carbocycles. The van der Waals surface area contributed by atoms with Crippen molar-refractivity contribution >= 4 is 21.3 Å². The number of hydrogen-bond donors (Lipinski definition) is 5. The van der Waals surface area contributed by atoms with E-state index in [4.69, 9.17) is 28.4 Å². The fourth-order valence-electron chi connectivity index (χ4n) is 10.2. The zero-order valence-corrected chi connectivity index (χ0v) is 40.2. The summed E-state index contributed by atoms with van der Waals surface area (Å²) < 4.78 is 66.1. The molecule has 1 aromatic carbocycles. The molecule has 18 atom stereocenters. The van der Waals surface area contributed by atoms with Crippen LogP contribution in [0.15, 0.2) is 30.3 Å². The molecule has 4 rings (SSSR count). The molecule has 0 amide bonds. The van der Waals surface area contributed by atoms with Crippen LogP contribution in [0.1, 0.15) is 100 Å². The van der Waals surface area contributed by atoms with E-state index < -0.39 is 123 Å². The molecule has 0 aliphatic carbocycles. The number of nitrogens with zero attached hydrogens (tertiary/aromatic N) is 2. The van der Waals surface area contributed by atoms with Crippen LogP contribution in [0.25, 0.3) is 0 Å². The lowest BCUT2D eigenvalue weighted by atomic mass is 9.68. The Morgan fingerprint density at radius 2 is 1.57 bits per heavy atom. The minimum Gasteiger partial charge on any atom is -0.459 e. The van der Waals surface area contributed by atoms with Gasteiger partial charge in [-0.05, 0) is 92.3 Å². The lowest BCUT2D eigenvalue weighted by molar-refractivity contribution is -0.302. The molecule has 1 aromatic rings. The third kappa shape index (κ3) is 11.8. The first kappa shape index (κ1) is 53.3. The van der Waals surface area contributed by atoms with E-state index in [-0.39, 0.29) is 38.0 Å². The molecular weight excluding hydrogens is 841 g/mol. The van der Waals surface area contributed by atoms with Crippen LogP contribution in [0, 0.1) is 23.7 Å². The fraction of sp³-hybridized carbons (Fsp3) is 0.822. The summed E-state index contributed by atoms with van der Waals surface area (Å²) in [5.74, 6) is -4.33. The second kappa shape index (κ2) is 21.1. The highest BCUT2D eigenvalue weighted by molar-refractivity contribution is 8.03. The SMILES string of the molecule is CC[C@H]1OC(=O)[C@H](C)[C@@H](C2C[C@@](C)(OC)[C@@H](O)[C@H](C)O2)[C@H](C)[C@@H](O[C@@H]2O[C@H](C)C[C@H](N(C)C)[C@H]2O)[C@](C)(O)C[C@@H](C)CN(S(=O)(=O)C(=O)OCc2ccccc2)[C@H](C)[C@@H](O)[C@]1(C)O. The smallest absolute Gasteiger partial charge is 0.440 e. The largest absolute Gasteiger partial charge is 0.459 e. The van der Waals surface area contributed by atoms with Crippen molar-refractivity contribution in [3.63, 3.8) is 0 Å². The predicted molar refractivity (Wildman–Crippen MR) is 232 cm³/mol. The summed E-state index contributed by atoms with van der Waals surface area (Å²) in [6, 6.07) is 6.61. The molecule has 18 heteroatoms. The number of cyclic esters (lactones) is 1. The van der Waals surface area contributed by atoms with Gasteiger partial charge < -0.3 is 58.9 Å². The Labute approximate surface area is 374 Å². The molecule has 0 aromatic heterocycles. The van der Waals surface area contributed by atoms with Crippen molar-refractivity contribution in [1.29, 1.82) is 0 Å². The van der Waals surface area contributed by atoms with Crippen molar-refractivity contribution < 1.29 is 72.0 Å². The summed E-state index contributed by atoms with van der Waals surface area (Å²) in [5.41, 5.74) is -4.74. The van der Waals surface area contributed by atoms with E-state index in [1.807, 2.05) is 25.9 Å². The minimum atomic E-state index is -5.04. The Morgan fingerprint density at radius 3 is 2.14 bits per heavy atom. The lowest BCUT2D eigenvalue weighted by Gasteiger charge is -2.51. The van der Waals surface area contributed by atoms with Crippen LogP contribution in [0.2, 0.25) is 0 Å². The van der Waals surface area contributed by atoms with Crippen LogP contribution < -0.4 is 0 Å². The summed E-state index contributed by atoms with van der Waals surface area (Å²) >= 11 is 0. The number of ether oxygens (including phenoxy) is 6. The average Bonchev–Trinajstić information content (AvgIpc) is 3.21. The van der Waals surface area contributed by atoms with Gasteiger partial charge in [-0.1, -0.05) is 58.0 Å². The number of carbonyl (C=O) groups is 2. The van der Waals surface area contributed by atoms with Gasteiger partial charge >= 0.3 is 21.3 Å². The first-order valence-corrected chi connectivity index (χ1v) is 23.7. The number of sulfonamides is 1. The molecule has 0 spiro atoms. The Morgan fingerprint density at radius 1 is 0.952 bits per heavy atom. The van der Waals surface area contributed by atoms with Crippen LogP contribution in [0.5, 0.6) is 0 Å². The number of esters is 1. The highest BCUT2D eigenvalue weighted by atomic mass is 32.2. The minimum absolute atomic E-state index is 0.00872. The maximum Gasteiger partial charge on any atom is 0.440 e. The molecule has 63 heavy (non-hydrogen) atoms. The van der Waals surface area contributed by atoms with Gasteiger partial charge in [0.1, 0.15) is 36.6 Å². The number of benzene rings is 1. The van der Waals surface area contributed by atoms with E-state index in [9.17, 15) is 43.5 Å². The van der Waals surface area contributed by atoms with Gasteiger partial charge in [0, 0.05) is 32.0 Å². The van der Waals surface area contributed by atoms with Crippen LogP contribution >= 0.6 is 0 Å². The molecule has 3 aliphatic heterocycles. The van der Waals surface area contributed by atoms with Gasteiger partial charge in [0.15, 0.2) is 6.29 Å². The second-order valence-corrected chi connectivity index (χ2v) is 21.2. The van der Waals surface area contributed by atoms with E-state index in [1.165, 1.54) is 27.9 Å². The zero-order valence-electron chi connectivity index (χ0n) is 39.4. The molecule has 0 radical (unpaired) electrons. The van der Waals surface area contributed by atoms with Gasteiger partial charge in [-0.2, -0.15) is 12.7 Å². The molecule has 3 fully saturated rings. The van der Waals surface area contributed by atoms with Gasteiger partial charge in [0.2, 0.25) is 0 Å². The van der Waals surface area contributed by atoms with Crippen molar-refractivity contribution in [2.24, 2.45) is 23.7 Å².